The summed E-state index contributed by atoms with van der Waals surface area (Å²) < 4.78 is 16.1. The van der Waals surface area contributed by atoms with Crippen molar-refractivity contribution < 1.29 is 14.2 Å². The van der Waals surface area contributed by atoms with Gasteiger partial charge in [0, 0.05) is 25.7 Å². The molecule has 1 fully saturated rings. The molecular weight excluding hydrogens is 246 g/mol. The second kappa shape index (κ2) is 10.5. The second-order valence-electron chi connectivity index (χ2n) is 4.97. The van der Waals surface area contributed by atoms with Gasteiger partial charge in [0.2, 0.25) is 0 Å². The van der Waals surface area contributed by atoms with Gasteiger partial charge in [0.1, 0.15) is 0 Å². The first-order valence-electron chi connectivity index (χ1n) is 7.23. The summed E-state index contributed by atoms with van der Waals surface area (Å²) in [5.74, 6) is 0.636. The highest BCUT2D eigenvalue weighted by atomic mass is 16.5. The Balaban J connectivity index is 1.84. The highest BCUT2D eigenvalue weighted by Crippen LogP contribution is 2.06. The molecule has 0 bridgehead atoms. The maximum Gasteiger partial charge on any atom is 0.0701 e. The van der Waals surface area contributed by atoms with Gasteiger partial charge in [-0.1, -0.05) is 13.8 Å². The number of nitrogens with zero attached hydrogens (tertiary/aromatic N) is 1. The predicted molar refractivity (Wildman–Crippen MR) is 74.6 cm³/mol. The average molecular weight is 275 g/mol. The van der Waals surface area contributed by atoms with Crippen molar-refractivity contribution in [2.24, 2.45) is 5.92 Å². The van der Waals surface area contributed by atoms with E-state index in [1.165, 1.54) is 0 Å². The third-order valence-electron chi connectivity index (χ3n) is 3.08. The Morgan fingerprint density at radius 1 is 1.05 bits per heavy atom. The molecule has 0 amide bonds. The summed E-state index contributed by atoms with van der Waals surface area (Å²) in [5.41, 5.74) is 6.44. The maximum absolute atomic E-state index is 5.52. The first-order valence-corrected chi connectivity index (χ1v) is 7.23. The zero-order valence-corrected chi connectivity index (χ0v) is 12.5. The molecule has 0 spiro atoms. The van der Waals surface area contributed by atoms with Gasteiger partial charge in [-0.2, -0.15) is 5.53 Å². The number of rotatable bonds is 11. The molecule has 1 unspecified atom stereocenters. The van der Waals surface area contributed by atoms with E-state index in [4.69, 9.17) is 14.2 Å². The van der Waals surface area contributed by atoms with Crippen molar-refractivity contribution in [2.45, 2.75) is 26.8 Å². The van der Waals surface area contributed by atoms with Crippen molar-refractivity contribution in [1.29, 1.82) is 0 Å². The van der Waals surface area contributed by atoms with Gasteiger partial charge in [-0.25, -0.2) is 10.4 Å². The lowest BCUT2D eigenvalue weighted by Gasteiger charge is -2.15. The third kappa shape index (κ3) is 7.81. The monoisotopic (exact) mass is 275 g/mol. The molecule has 114 valence electrons. The summed E-state index contributed by atoms with van der Waals surface area (Å²) in [6.45, 7) is 12.4. The molecule has 0 aromatic carbocycles. The highest BCUT2D eigenvalue weighted by molar-refractivity contribution is 4.76. The molecule has 1 saturated heterocycles. The Morgan fingerprint density at radius 3 is 2.26 bits per heavy atom. The van der Waals surface area contributed by atoms with Crippen LogP contribution >= 0.6 is 0 Å². The third-order valence-corrected chi connectivity index (χ3v) is 3.08. The van der Waals surface area contributed by atoms with Crippen LogP contribution in [0, 0.1) is 5.92 Å². The van der Waals surface area contributed by atoms with Crippen molar-refractivity contribution >= 4 is 0 Å². The van der Waals surface area contributed by atoms with Crippen LogP contribution in [0.15, 0.2) is 0 Å². The summed E-state index contributed by atoms with van der Waals surface area (Å²) in [6.07, 6.45) is 0. The summed E-state index contributed by atoms with van der Waals surface area (Å²) in [6, 6.07) is 0.516. The molecular formula is C13H29N3O3. The van der Waals surface area contributed by atoms with Gasteiger partial charge in [-0.3, -0.25) is 0 Å². The lowest BCUT2D eigenvalue weighted by molar-refractivity contribution is 0.0112. The number of hydrazine groups is 2. The summed E-state index contributed by atoms with van der Waals surface area (Å²) >= 11 is 0. The largest absolute Gasteiger partial charge is 0.379 e. The number of hydrogen-bond donors (Lipinski definition) is 2. The van der Waals surface area contributed by atoms with Gasteiger partial charge >= 0.3 is 0 Å². The molecule has 19 heavy (non-hydrogen) atoms. The van der Waals surface area contributed by atoms with E-state index in [0.717, 1.165) is 19.7 Å². The summed E-state index contributed by atoms with van der Waals surface area (Å²) in [5, 5.41) is 2.15. The van der Waals surface area contributed by atoms with Crippen molar-refractivity contribution in [3.8, 4) is 0 Å². The minimum absolute atomic E-state index is 0.516. The fraction of sp³-hybridized carbons (Fsp3) is 1.00. The normalized spacial score (nSPS) is 20.5. The SMILES string of the molecule is CCOCCOCCOCCN1CC(C(C)C)NN1. The molecule has 0 aliphatic carbocycles. The molecule has 0 radical (unpaired) electrons. The summed E-state index contributed by atoms with van der Waals surface area (Å²) in [7, 11) is 0. The molecule has 1 aliphatic heterocycles. The Kier molecular flexibility index (Phi) is 9.32. The fourth-order valence-corrected chi connectivity index (χ4v) is 1.79. The molecule has 6 nitrogen and oxygen atoms in total. The van der Waals surface area contributed by atoms with Crippen LogP contribution in [0.3, 0.4) is 0 Å². The minimum atomic E-state index is 0.516. The average Bonchev–Trinajstić information content (AvgIpc) is 2.86. The zero-order valence-electron chi connectivity index (χ0n) is 12.5. The van der Waals surface area contributed by atoms with E-state index in [9.17, 15) is 0 Å². The fourth-order valence-electron chi connectivity index (χ4n) is 1.79. The quantitative estimate of drug-likeness (QED) is 0.533. The Hall–Kier alpha value is -0.240. The standard InChI is InChI=1S/C13H29N3O3/c1-4-17-7-8-19-10-9-18-6-5-16-11-13(12(2)3)14-15-16/h12-15H,4-11H2,1-3H3. The van der Waals surface area contributed by atoms with Gasteiger partial charge in [-0.05, 0) is 12.8 Å². The van der Waals surface area contributed by atoms with Crippen molar-refractivity contribution in [2.75, 3.05) is 52.7 Å². The van der Waals surface area contributed by atoms with Gasteiger partial charge < -0.3 is 14.2 Å². The smallest absolute Gasteiger partial charge is 0.0701 e. The van der Waals surface area contributed by atoms with E-state index in [1.54, 1.807) is 0 Å². The van der Waals surface area contributed by atoms with E-state index in [-0.39, 0.29) is 0 Å². The summed E-state index contributed by atoms with van der Waals surface area (Å²) in [4.78, 5) is 0. The van der Waals surface area contributed by atoms with E-state index >= 15 is 0 Å². The van der Waals surface area contributed by atoms with Crippen molar-refractivity contribution in [3.05, 3.63) is 0 Å². The van der Waals surface area contributed by atoms with Crippen molar-refractivity contribution in [1.82, 2.24) is 16.0 Å². The molecule has 1 atom stereocenters. The van der Waals surface area contributed by atoms with Crippen LogP contribution in [0.1, 0.15) is 20.8 Å². The van der Waals surface area contributed by atoms with Crippen LogP contribution in [0.25, 0.3) is 0 Å². The molecule has 2 N–H and O–H groups in total. The molecule has 1 aliphatic rings. The van der Waals surface area contributed by atoms with Crippen LogP contribution in [0.4, 0.5) is 0 Å². The van der Waals surface area contributed by atoms with Crippen LogP contribution in [-0.2, 0) is 14.2 Å². The van der Waals surface area contributed by atoms with E-state index in [2.05, 4.69) is 29.8 Å². The number of ether oxygens (including phenoxy) is 3. The molecule has 1 rings (SSSR count). The first kappa shape index (κ1) is 16.8. The lowest BCUT2D eigenvalue weighted by atomic mass is 10.1. The van der Waals surface area contributed by atoms with Crippen LogP contribution in [0.5, 0.6) is 0 Å². The van der Waals surface area contributed by atoms with Gasteiger partial charge in [0.05, 0.1) is 33.0 Å². The second-order valence-corrected chi connectivity index (χ2v) is 4.97. The minimum Gasteiger partial charge on any atom is -0.379 e. The molecule has 0 saturated carbocycles. The predicted octanol–water partition coefficient (Wildman–Crippen LogP) is 0.406. The van der Waals surface area contributed by atoms with Crippen LogP contribution in [0.2, 0.25) is 0 Å². The lowest BCUT2D eigenvalue weighted by Crippen LogP contribution is -2.39. The van der Waals surface area contributed by atoms with Crippen LogP contribution in [-0.4, -0.2) is 63.8 Å². The zero-order chi connectivity index (χ0) is 13.9. The van der Waals surface area contributed by atoms with Gasteiger partial charge in [-0.15, -0.1) is 0 Å². The van der Waals surface area contributed by atoms with Gasteiger partial charge in [0.25, 0.3) is 0 Å². The van der Waals surface area contributed by atoms with E-state index in [0.29, 0.717) is 45.0 Å². The maximum atomic E-state index is 5.52. The Bertz CT molecular complexity index is 217. The van der Waals surface area contributed by atoms with Gasteiger partial charge in [0.15, 0.2) is 0 Å². The molecule has 1 heterocycles. The Labute approximate surface area is 116 Å². The first-order chi connectivity index (χ1) is 9.24. The van der Waals surface area contributed by atoms with E-state index in [1.807, 2.05) is 6.92 Å². The number of hydrogen-bond acceptors (Lipinski definition) is 6. The molecule has 0 aromatic heterocycles. The highest BCUT2D eigenvalue weighted by Gasteiger charge is 2.23. The van der Waals surface area contributed by atoms with Crippen molar-refractivity contribution in [3.63, 3.8) is 0 Å². The topological polar surface area (TPSA) is 55.0 Å². The number of nitrogens with one attached hydrogen (secondary N) is 2. The molecule has 0 aromatic rings. The Morgan fingerprint density at radius 2 is 1.68 bits per heavy atom. The van der Waals surface area contributed by atoms with E-state index < -0.39 is 0 Å². The van der Waals surface area contributed by atoms with Crippen LogP contribution < -0.4 is 11.0 Å². The molecule has 6 heteroatoms.